The van der Waals surface area contributed by atoms with Gasteiger partial charge in [-0.2, -0.15) is 0 Å². The number of halogens is 1. The maximum Gasteiger partial charge on any atom is 0.280 e. The average molecular weight is 321 g/mol. The molecule has 0 radical (unpaired) electrons. The standard InChI is InChI=1S/C13H21ClN2O3S/c1-6-10-15-11(20(14,17)18)8-16(10)9-7-12(2,3)19-13(9,4)5/h8-9H,6-7H2,1-5H3. The number of aromatic nitrogens is 2. The van der Waals surface area contributed by atoms with Crippen molar-refractivity contribution in [2.45, 2.75) is 69.7 Å². The van der Waals surface area contributed by atoms with E-state index in [-0.39, 0.29) is 22.3 Å². The Labute approximate surface area is 124 Å². The first-order valence-corrected chi connectivity index (χ1v) is 9.00. The molecule has 0 N–H and O–H groups in total. The summed E-state index contributed by atoms with van der Waals surface area (Å²) in [5.74, 6) is 0.712. The van der Waals surface area contributed by atoms with Gasteiger partial charge in [0.25, 0.3) is 9.05 Å². The summed E-state index contributed by atoms with van der Waals surface area (Å²) in [7, 11) is 1.59. The highest BCUT2D eigenvalue weighted by molar-refractivity contribution is 8.13. The number of aryl methyl sites for hydroxylation is 1. The molecule has 1 aliphatic heterocycles. The van der Waals surface area contributed by atoms with E-state index in [0.717, 1.165) is 6.42 Å². The predicted molar refractivity (Wildman–Crippen MR) is 77.5 cm³/mol. The molecule has 0 amide bonds. The zero-order valence-electron chi connectivity index (χ0n) is 12.5. The minimum absolute atomic E-state index is 0.0344. The molecule has 0 spiro atoms. The van der Waals surface area contributed by atoms with Crippen LogP contribution in [0.3, 0.4) is 0 Å². The van der Waals surface area contributed by atoms with E-state index in [1.807, 2.05) is 39.2 Å². The van der Waals surface area contributed by atoms with Crippen LogP contribution >= 0.6 is 10.7 Å². The summed E-state index contributed by atoms with van der Waals surface area (Å²) in [4.78, 5) is 4.15. The van der Waals surface area contributed by atoms with E-state index in [4.69, 9.17) is 15.4 Å². The molecule has 1 saturated heterocycles. The van der Waals surface area contributed by atoms with E-state index in [1.54, 1.807) is 0 Å². The number of imidazole rings is 1. The van der Waals surface area contributed by atoms with Crippen LogP contribution < -0.4 is 0 Å². The first kappa shape index (κ1) is 15.8. The van der Waals surface area contributed by atoms with Gasteiger partial charge < -0.3 is 9.30 Å². The molecule has 1 aromatic rings. The molecule has 5 nitrogen and oxygen atoms in total. The second kappa shape index (κ2) is 4.71. The highest BCUT2D eigenvalue weighted by Gasteiger charge is 2.47. The van der Waals surface area contributed by atoms with Crippen LogP contribution in [-0.2, 0) is 20.2 Å². The van der Waals surface area contributed by atoms with Crippen LogP contribution in [0.4, 0.5) is 0 Å². The molecule has 2 rings (SSSR count). The van der Waals surface area contributed by atoms with Crippen LogP contribution in [0.1, 0.15) is 52.9 Å². The van der Waals surface area contributed by atoms with Gasteiger partial charge in [0.2, 0.25) is 0 Å². The number of ether oxygens (including phenoxy) is 1. The molecule has 0 saturated carbocycles. The Hall–Kier alpha value is -0.590. The summed E-state index contributed by atoms with van der Waals surface area (Å²) in [5, 5.41) is -0.0866. The van der Waals surface area contributed by atoms with Crippen molar-refractivity contribution in [2.75, 3.05) is 0 Å². The summed E-state index contributed by atoms with van der Waals surface area (Å²) < 4.78 is 30.9. The van der Waals surface area contributed by atoms with Gasteiger partial charge in [-0.1, -0.05) is 6.92 Å². The van der Waals surface area contributed by atoms with Gasteiger partial charge in [-0.15, -0.1) is 0 Å². The smallest absolute Gasteiger partial charge is 0.280 e. The molecule has 20 heavy (non-hydrogen) atoms. The fraction of sp³-hybridized carbons (Fsp3) is 0.769. The molecule has 1 aliphatic rings. The van der Waals surface area contributed by atoms with Gasteiger partial charge in [0.1, 0.15) is 5.82 Å². The number of hydrogen-bond donors (Lipinski definition) is 0. The van der Waals surface area contributed by atoms with Gasteiger partial charge in [-0.3, -0.25) is 0 Å². The first-order valence-electron chi connectivity index (χ1n) is 6.69. The Balaban J connectivity index is 2.50. The molecule has 1 fully saturated rings. The molecule has 7 heteroatoms. The molecular weight excluding hydrogens is 300 g/mol. The van der Waals surface area contributed by atoms with E-state index >= 15 is 0 Å². The van der Waals surface area contributed by atoms with Crippen molar-refractivity contribution in [2.24, 2.45) is 0 Å². The second-order valence-electron chi connectivity index (χ2n) is 6.38. The molecule has 0 aromatic carbocycles. The van der Waals surface area contributed by atoms with E-state index in [2.05, 4.69) is 4.98 Å². The van der Waals surface area contributed by atoms with Crippen molar-refractivity contribution in [3.8, 4) is 0 Å². The van der Waals surface area contributed by atoms with Crippen molar-refractivity contribution >= 4 is 19.7 Å². The van der Waals surface area contributed by atoms with Gasteiger partial charge in [-0.05, 0) is 34.1 Å². The molecule has 1 unspecified atom stereocenters. The maximum absolute atomic E-state index is 11.5. The lowest BCUT2D eigenvalue weighted by molar-refractivity contribution is -0.0731. The van der Waals surface area contributed by atoms with Crippen molar-refractivity contribution < 1.29 is 13.2 Å². The topological polar surface area (TPSA) is 61.2 Å². The van der Waals surface area contributed by atoms with Crippen LogP contribution in [-0.4, -0.2) is 29.2 Å². The van der Waals surface area contributed by atoms with Gasteiger partial charge in [-0.25, -0.2) is 13.4 Å². The number of rotatable bonds is 3. The lowest BCUT2D eigenvalue weighted by atomic mass is 9.94. The number of hydrogen-bond acceptors (Lipinski definition) is 4. The van der Waals surface area contributed by atoms with Crippen LogP contribution in [0.15, 0.2) is 11.2 Å². The Bertz CT molecular complexity index is 620. The predicted octanol–water partition coefficient (Wildman–Crippen LogP) is 2.89. The lowest BCUT2D eigenvalue weighted by Crippen LogP contribution is -2.31. The van der Waals surface area contributed by atoms with Crippen LogP contribution in [0.5, 0.6) is 0 Å². The highest BCUT2D eigenvalue weighted by Crippen LogP contribution is 2.45. The van der Waals surface area contributed by atoms with Gasteiger partial charge in [0.15, 0.2) is 5.03 Å². The lowest BCUT2D eigenvalue weighted by Gasteiger charge is -2.28. The van der Waals surface area contributed by atoms with Crippen molar-refractivity contribution in [3.05, 3.63) is 12.0 Å². The van der Waals surface area contributed by atoms with E-state index in [1.165, 1.54) is 6.20 Å². The fourth-order valence-electron chi connectivity index (χ4n) is 3.02. The van der Waals surface area contributed by atoms with Crippen molar-refractivity contribution in [1.82, 2.24) is 9.55 Å². The normalized spacial score (nSPS) is 25.0. The van der Waals surface area contributed by atoms with E-state index in [0.29, 0.717) is 12.2 Å². The SMILES string of the molecule is CCc1nc(S(=O)(=O)Cl)cn1C1CC(C)(C)OC1(C)C. The molecule has 2 heterocycles. The number of nitrogens with zero attached hydrogens (tertiary/aromatic N) is 2. The zero-order valence-corrected chi connectivity index (χ0v) is 14.0. The van der Waals surface area contributed by atoms with Crippen molar-refractivity contribution in [1.29, 1.82) is 0 Å². The Morgan fingerprint density at radius 1 is 1.45 bits per heavy atom. The summed E-state index contributed by atoms with van der Waals surface area (Å²) in [6.07, 6.45) is 2.96. The molecule has 0 bridgehead atoms. The molecule has 1 atom stereocenters. The summed E-state index contributed by atoms with van der Waals surface area (Å²) >= 11 is 0. The van der Waals surface area contributed by atoms with Crippen LogP contribution in [0.25, 0.3) is 0 Å². The first-order chi connectivity index (χ1) is 8.96. The monoisotopic (exact) mass is 320 g/mol. The van der Waals surface area contributed by atoms with E-state index in [9.17, 15) is 8.42 Å². The average Bonchev–Trinajstić information content (AvgIpc) is 2.75. The second-order valence-corrected chi connectivity index (χ2v) is 8.89. The third-order valence-electron chi connectivity index (χ3n) is 3.72. The Morgan fingerprint density at radius 2 is 2.05 bits per heavy atom. The summed E-state index contributed by atoms with van der Waals surface area (Å²) in [5.41, 5.74) is -0.634. The molecule has 1 aromatic heterocycles. The third kappa shape index (κ3) is 2.87. The zero-order chi connectivity index (χ0) is 15.3. The van der Waals surface area contributed by atoms with Gasteiger partial charge in [0, 0.05) is 23.3 Å². The van der Waals surface area contributed by atoms with Crippen LogP contribution in [0, 0.1) is 0 Å². The largest absolute Gasteiger partial charge is 0.367 e. The van der Waals surface area contributed by atoms with Gasteiger partial charge >= 0.3 is 0 Å². The summed E-state index contributed by atoms with van der Waals surface area (Å²) in [6, 6.07) is 0.0344. The van der Waals surface area contributed by atoms with Crippen LogP contribution in [0.2, 0.25) is 0 Å². The van der Waals surface area contributed by atoms with Crippen molar-refractivity contribution in [3.63, 3.8) is 0 Å². The fourth-order valence-corrected chi connectivity index (χ4v) is 3.70. The minimum Gasteiger partial charge on any atom is -0.367 e. The highest BCUT2D eigenvalue weighted by atomic mass is 35.7. The van der Waals surface area contributed by atoms with E-state index < -0.39 is 9.05 Å². The minimum atomic E-state index is -3.81. The Kier molecular flexibility index (Phi) is 3.72. The quantitative estimate of drug-likeness (QED) is 0.803. The molecule has 114 valence electrons. The third-order valence-corrected chi connectivity index (χ3v) is 4.89. The Morgan fingerprint density at radius 3 is 2.45 bits per heavy atom. The van der Waals surface area contributed by atoms with Gasteiger partial charge in [0.05, 0.1) is 17.2 Å². The maximum atomic E-state index is 11.5. The molecule has 0 aliphatic carbocycles. The summed E-state index contributed by atoms with van der Waals surface area (Å²) in [6.45, 7) is 10.0. The molecular formula is C13H21ClN2O3S.